The molecule has 0 bridgehead atoms. The van der Waals surface area contributed by atoms with E-state index in [4.69, 9.17) is 13.9 Å². The summed E-state index contributed by atoms with van der Waals surface area (Å²) in [5.74, 6) is 2.46. The molecule has 138 valence electrons. The van der Waals surface area contributed by atoms with Gasteiger partial charge in [0.1, 0.15) is 0 Å². The van der Waals surface area contributed by atoms with E-state index in [0.717, 1.165) is 24.9 Å². The minimum Gasteiger partial charge on any atom is -0.454 e. The van der Waals surface area contributed by atoms with Crippen LogP contribution in [0.15, 0.2) is 22.6 Å². The van der Waals surface area contributed by atoms with Crippen molar-refractivity contribution in [2.45, 2.75) is 38.6 Å². The predicted molar refractivity (Wildman–Crippen MR) is 93.1 cm³/mol. The average molecular weight is 358 g/mol. The number of nitrogens with one attached hydrogen (secondary N) is 1. The number of carbonyl (C=O) groups is 1. The highest BCUT2D eigenvalue weighted by Gasteiger charge is 2.29. The number of aromatic nitrogens is 2. The molecule has 2 amide bonds. The number of piperidine rings is 1. The SMILES string of the molecule is CC(C)NC(=O)N1CCCC(c2nnc(-c3ccc4c(c3)OCO4)o2)C1. The number of benzene rings is 1. The van der Waals surface area contributed by atoms with Gasteiger partial charge in [-0.15, -0.1) is 10.2 Å². The summed E-state index contributed by atoms with van der Waals surface area (Å²) in [4.78, 5) is 14.1. The fourth-order valence-corrected chi connectivity index (χ4v) is 3.25. The number of urea groups is 1. The van der Waals surface area contributed by atoms with E-state index in [-0.39, 0.29) is 24.8 Å². The number of nitrogens with zero attached hydrogens (tertiary/aromatic N) is 3. The molecule has 8 heteroatoms. The van der Waals surface area contributed by atoms with Crippen molar-refractivity contribution in [2.75, 3.05) is 19.9 Å². The van der Waals surface area contributed by atoms with Crippen molar-refractivity contribution in [3.8, 4) is 23.0 Å². The van der Waals surface area contributed by atoms with E-state index in [9.17, 15) is 4.79 Å². The second-order valence-corrected chi connectivity index (χ2v) is 6.90. The van der Waals surface area contributed by atoms with Gasteiger partial charge < -0.3 is 24.1 Å². The minimum atomic E-state index is -0.0415. The van der Waals surface area contributed by atoms with E-state index in [1.54, 1.807) is 0 Å². The van der Waals surface area contributed by atoms with Crippen LogP contribution in [-0.2, 0) is 0 Å². The van der Waals surface area contributed by atoms with Crippen LogP contribution in [0.2, 0.25) is 0 Å². The number of rotatable bonds is 3. The van der Waals surface area contributed by atoms with Crippen molar-refractivity contribution >= 4 is 6.03 Å². The number of hydrogen-bond acceptors (Lipinski definition) is 6. The highest BCUT2D eigenvalue weighted by Crippen LogP contribution is 2.36. The van der Waals surface area contributed by atoms with Gasteiger partial charge in [-0.2, -0.15) is 0 Å². The predicted octanol–water partition coefficient (Wildman–Crippen LogP) is 2.76. The fourth-order valence-electron chi connectivity index (χ4n) is 3.25. The number of ether oxygens (including phenoxy) is 2. The fraction of sp³-hybridized carbons (Fsp3) is 0.500. The maximum absolute atomic E-state index is 12.2. The molecule has 0 spiro atoms. The van der Waals surface area contributed by atoms with Crippen LogP contribution in [0.5, 0.6) is 11.5 Å². The third-order valence-corrected chi connectivity index (χ3v) is 4.53. The monoisotopic (exact) mass is 358 g/mol. The summed E-state index contributed by atoms with van der Waals surface area (Å²) in [5.41, 5.74) is 0.790. The molecule has 2 aliphatic heterocycles. The second kappa shape index (κ2) is 6.86. The van der Waals surface area contributed by atoms with Gasteiger partial charge in [-0.1, -0.05) is 0 Å². The van der Waals surface area contributed by atoms with Gasteiger partial charge in [-0.05, 0) is 44.9 Å². The van der Waals surface area contributed by atoms with Crippen LogP contribution in [0.1, 0.15) is 38.5 Å². The summed E-state index contributed by atoms with van der Waals surface area (Å²) in [6.45, 7) is 5.47. The Morgan fingerprint density at radius 1 is 1.27 bits per heavy atom. The molecule has 3 heterocycles. The lowest BCUT2D eigenvalue weighted by Crippen LogP contribution is -2.47. The zero-order chi connectivity index (χ0) is 18.1. The summed E-state index contributed by atoms with van der Waals surface area (Å²) in [7, 11) is 0. The molecule has 2 aliphatic rings. The highest BCUT2D eigenvalue weighted by molar-refractivity contribution is 5.74. The first-order valence-corrected chi connectivity index (χ1v) is 8.89. The van der Waals surface area contributed by atoms with Crippen LogP contribution >= 0.6 is 0 Å². The number of hydrogen-bond donors (Lipinski definition) is 1. The van der Waals surface area contributed by atoms with Crippen LogP contribution in [0, 0.1) is 0 Å². The zero-order valence-electron chi connectivity index (χ0n) is 14.9. The van der Waals surface area contributed by atoms with Crippen LogP contribution in [0.25, 0.3) is 11.5 Å². The molecule has 0 aliphatic carbocycles. The third kappa shape index (κ3) is 3.31. The minimum absolute atomic E-state index is 0.0415. The Labute approximate surface area is 151 Å². The quantitative estimate of drug-likeness (QED) is 0.907. The lowest BCUT2D eigenvalue weighted by molar-refractivity contribution is 0.172. The zero-order valence-corrected chi connectivity index (χ0v) is 14.9. The van der Waals surface area contributed by atoms with Gasteiger partial charge in [0.05, 0.1) is 5.92 Å². The van der Waals surface area contributed by atoms with E-state index in [1.807, 2.05) is 36.9 Å². The van der Waals surface area contributed by atoms with Gasteiger partial charge in [0.2, 0.25) is 18.6 Å². The molecular weight excluding hydrogens is 336 g/mol. The maximum Gasteiger partial charge on any atom is 0.317 e. The van der Waals surface area contributed by atoms with Crippen LogP contribution in [-0.4, -0.2) is 47.1 Å². The summed E-state index contributed by atoms with van der Waals surface area (Å²) in [6, 6.07) is 5.61. The van der Waals surface area contributed by atoms with E-state index in [0.29, 0.717) is 29.8 Å². The molecule has 1 aromatic heterocycles. The first-order chi connectivity index (χ1) is 12.6. The molecular formula is C18H22N4O4. The van der Waals surface area contributed by atoms with Crippen molar-refractivity contribution in [1.29, 1.82) is 0 Å². The lowest BCUT2D eigenvalue weighted by atomic mass is 9.98. The number of fused-ring (bicyclic) bond motifs is 1. The van der Waals surface area contributed by atoms with Crippen LogP contribution < -0.4 is 14.8 Å². The highest BCUT2D eigenvalue weighted by atomic mass is 16.7. The van der Waals surface area contributed by atoms with Gasteiger partial charge >= 0.3 is 6.03 Å². The summed E-state index contributed by atoms with van der Waals surface area (Å²) < 4.78 is 16.6. The Morgan fingerprint density at radius 3 is 2.96 bits per heavy atom. The Bertz CT molecular complexity index is 804. The summed E-state index contributed by atoms with van der Waals surface area (Å²) >= 11 is 0. The molecule has 1 saturated heterocycles. The van der Waals surface area contributed by atoms with Gasteiger partial charge in [0, 0.05) is 24.7 Å². The van der Waals surface area contributed by atoms with Gasteiger partial charge in [-0.3, -0.25) is 0 Å². The van der Waals surface area contributed by atoms with E-state index in [1.165, 1.54) is 0 Å². The van der Waals surface area contributed by atoms with Crippen molar-refractivity contribution in [1.82, 2.24) is 20.4 Å². The molecule has 4 rings (SSSR count). The summed E-state index contributed by atoms with van der Waals surface area (Å²) in [5, 5.41) is 11.3. The molecule has 2 aromatic rings. The van der Waals surface area contributed by atoms with Crippen molar-refractivity contribution in [2.24, 2.45) is 0 Å². The van der Waals surface area contributed by atoms with Crippen molar-refractivity contribution in [3.05, 3.63) is 24.1 Å². The maximum atomic E-state index is 12.2. The Hall–Kier alpha value is -2.77. The number of amides is 2. The average Bonchev–Trinajstić information content (AvgIpc) is 3.30. The second-order valence-electron chi connectivity index (χ2n) is 6.90. The Balaban J connectivity index is 1.48. The first-order valence-electron chi connectivity index (χ1n) is 8.89. The largest absolute Gasteiger partial charge is 0.454 e. The normalized spacial score (nSPS) is 19.0. The van der Waals surface area contributed by atoms with Crippen molar-refractivity contribution in [3.63, 3.8) is 0 Å². The molecule has 1 aromatic carbocycles. The molecule has 1 atom stereocenters. The Kier molecular flexibility index (Phi) is 4.40. The molecule has 8 nitrogen and oxygen atoms in total. The lowest BCUT2D eigenvalue weighted by Gasteiger charge is -2.31. The van der Waals surface area contributed by atoms with E-state index in [2.05, 4.69) is 15.5 Å². The van der Waals surface area contributed by atoms with Crippen molar-refractivity contribution < 1.29 is 18.7 Å². The molecule has 26 heavy (non-hydrogen) atoms. The van der Waals surface area contributed by atoms with E-state index < -0.39 is 0 Å². The van der Waals surface area contributed by atoms with E-state index >= 15 is 0 Å². The Morgan fingerprint density at radius 2 is 2.12 bits per heavy atom. The van der Waals surface area contributed by atoms with Gasteiger partial charge in [-0.25, -0.2) is 4.79 Å². The smallest absolute Gasteiger partial charge is 0.317 e. The molecule has 1 N–H and O–H groups in total. The molecule has 1 unspecified atom stereocenters. The molecule has 0 radical (unpaired) electrons. The van der Waals surface area contributed by atoms with Gasteiger partial charge in [0.15, 0.2) is 11.5 Å². The first kappa shape index (κ1) is 16.7. The molecule has 1 fully saturated rings. The number of likely N-dealkylation sites (tertiary alicyclic amines) is 1. The van der Waals surface area contributed by atoms with Gasteiger partial charge in [0.25, 0.3) is 0 Å². The summed E-state index contributed by atoms with van der Waals surface area (Å²) in [6.07, 6.45) is 1.84. The standard InChI is InChI=1S/C18H22N4O4/c1-11(2)19-18(23)22-7-3-4-13(9-22)17-21-20-16(26-17)12-5-6-14-15(8-12)25-10-24-14/h5-6,8,11,13H,3-4,7,9-10H2,1-2H3,(H,19,23). The number of carbonyl (C=O) groups excluding carboxylic acids is 1. The van der Waals surface area contributed by atoms with Crippen LogP contribution in [0.3, 0.4) is 0 Å². The molecule has 0 saturated carbocycles. The van der Waals surface area contributed by atoms with Crippen LogP contribution in [0.4, 0.5) is 4.79 Å². The topological polar surface area (TPSA) is 89.7 Å². The third-order valence-electron chi connectivity index (χ3n) is 4.53.